The van der Waals surface area contributed by atoms with Gasteiger partial charge in [0.2, 0.25) is 5.91 Å². The van der Waals surface area contributed by atoms with E-state index in [2.05, 4.69) is 27.7 Å². The fourth-order valence-corrected chi connectivity index (χ4v) is 3.12. The molecule has 1 aliphatic carbocycles. The number of amides is 1. The van der Waals surface area contributed by atoms with Gasteiger partial charge in [-0.15, -0.1) is 12.4 Å². The van der Waals surface area contributed by atoms with E-state index in [0.29, 0.717) is 24.3 Å². The van der Waals surface area contributed by atoms with Crippen molar-refractivity contribution in [3.63, 3.8) is 0 Å². The molecule has 0 saturated heterocycles. The summed E-state index contributed by atoms with van der Waals surface area (Å²) in [6.07, 6.45) is 5.12. The van der Waals surface area contributed by atoms with Crippen LogP contribution in [0.15, 0.2) is 28.8 Å². The average molecular weight is 379 g/mol. The zero-order valence-corrected chi connectivity index (χ0v) is 16.1. The Labute approximate surface area is 160 Å². The first kappa shape index (κ1) is 20.4. The molecule has 1 amide bonds. The Balaban J connectivity index is 0.00000243. The molecular formula is C19H27ClN4O2. The van der Waals surface area contributed by atoms with Gasteiger partial charge in [-0.3, -0.25) is 4.79 Å². The molecule has 1 atom stereocenters. The summed E-state index contributed by atoms with van der Waals surface area (Å²) in [5.74, 6) is 1.61. The van der Waals surface area contributed by atoms with Crippen LogP contribution in [0.1, 0.15) is 44.0 Å². The van der Waals surface area contributed by atoms with Crippen LogP contribution in [-0.2, 0) is 17.8 Å². The largest absolute Gasteiger partial charge is 0.352 e. The molecule has 6 nitrogen and oxygen atoms in total. The van der Waals surface area contributed by atoms with Crippen LogP contribution in [-0.4, -0.2) is 29.1 Å². The Hall–Kier alpha value is -1.92. The van der Waals surface area contributed by atoms with Crippen LogP contribution in [0.4, 0.5) is 0 Å². The zero-order chi connectivity index (χ0) is 17.6. The van der Waals surface area contributed by atoms with Gasteiger partial charge in [0, 0.05) is 30.5 Å². The summed E-state index contributed by atoms with van der Waals surface area (Å²) >= 11 is 0. The second-order valence-corrected chi connectivity index (χ2v) is 6.81. The molecule has 1 heterocycles. The van der Waals surface area contributed by atoms with E-state index >= 15 is 0 Å². The van der Waals surface area contributed by atoms with Crippen LogP contribution in [0.2, 0.25) is 0 Å². The van der Waals surface area contributed by atoms with Gasteiger partial charge >= 0.3 is 0 Å². The maximum atomic E-state index is 12.1. The van der Waals surface area contributed by atoms with Crippen LogP contribution >= 0.6 is 12.4 Å². The maximum Gasteiger partial charge on any atom is 0.257 e. The number of aromatic nitrogens is 2. The third-order valence-electron chi connectivity index (χ3n) is 4.84. The molecule has 1 unspecified atom stereocenters. The van der Waals surface area contributed by atoms with Gasteiger partial charge in [-0.05, 0) is 44.5 Å². The van der Waals surface area contributed by atoms with Gasteiger partial charge in [0.15, 0.2) is 5.82 Å². The Morgan fingerprint density at radius 2 is 1.96 bits per heavy atom. The molecule has 1 aromatic carbocycles. The Morgan fingerprint density at radius 3 is 2.62 bits per heavy atom. The van der Waals surface area contributed by atoms with Gasteiger partial charge in [0.05, 0.1) is 0 Å². The van der Waals surface area contributed by atoms with E-state index in [1.807, 2.05) is 31.3 Å². The first-order valence-corrected chi connectivity index (χ1v) is 9.02. The first-order chi connectivity index (χ1) is 12.2. The minimum absolute atomic E-state index is 0. The Bertz CT molecular complexity index is 696. The van der Waals surface area contributed by atoms with Crippen molar-refractivity contribution < 1.29 is 9.32 Å². The average Bonchev–Trinajstić information content (AvgIpc) is 3.32. The van der Waals surface area contributed by atoms with Crippen LogP contribution in [0, 0.1) is 5.92 Å². The highest BCUT2D eigenvalue weighted by Gasteiger charge is 2.22. The topological polar surface area (TPSA) is 80.0 Å². The van der Waals surface area contributed by atoms with Crippen molar-refractivity contribution >= 4 is 18.3 Å². The number of halogens is 1. The number of hydrogen-bond acceptors (Lipinski definition) is 5. The second kappa shape index (κ2) is 9.69. The number of nitrogens with zero attached hydrogens (tertiary/aromatic N) is 2. The lowest BCUT2D eigenvalue weighted by atomic mass is 10.1. The van der Waals surface area contributed by atoms with Gasteiger partial charge < -0.3 is 15.2 Å². The molecule has 1 saturated carbocycles. The van der Waals surface area contributed by atoms with Gasteiger partial charge in [-0.1, -0.05) is 30.1 Å². The highest BCUT2D eigenvalue weighted by Crippen LogP contribution is 2.24. The van der Waals surface area contributed by atoms with Crippen molar-refractivity contribution in [1.82, 2.24) is 20.8 Å². The van der Waals surface area contributed by atoms with Crippen molar-refractivity contribution in [2.45, 2.75) is 51.6 Å². The van der Waals surface area contributed by atoms with Crippen LogP contribution in [0.25, 0.3) is 11.5 Å². The summed E-state index contributed by atoms with van der Waals surface area (Å²) in [5, 5.41) is 10.2. The lowest BCUT2D eigenvalue weighted by Crippen LogP contribution is -2.28. The smallest absolute Gasteiger partial charge is 0.257 e. The molecule has 3 rings (SSSR count). The summed E-state index contributed by atoms with van der Waals surface area (Å²) in [6, 6.07) is 8.19. The summed E-state index contributed by atoms with van der Waals surface area (Å²) in [4.78, 5) is 16.5. The molecule has 2 N–H and O–H groups in total. The van der Waals surface area contributed by atoms with E-state index in [4.69, 9.17) is 4.52 Å². The molecular weight excluding hydrogens is 352 g/mol. The van der Waals surface area contributed by atoms with E-state index in [0.717, 1.165) is 30.4 Å². The van der Waals surface area contributed by atoms with Gasteiger partial charge in [-0.25, -0.2) is 0 Å². The molecule has 0 bridgehead atoms. The second-order valence-electron chi connectivity index (χ2n) is 6.81. The number of nitrogens with one attached hydrogen (secondary N) is 2. The van der Waals surface area contributed by atoms with Crippen LogP contribution < -0.4 is 10.6 Å². The van der Waals surface area contributed by atoms with Crippen molar-refractivity contribution in [2.75, 3.05) is 7.05 Å². The number of rotatable bonds is 7. The molecule has 0 aliphatic heterocycles. The molecule has 1 fully saturated rings. The number of likely N-dealkylation sites (N-methyl/N-ethyl adjacent to an activating group) is 1. The van der Waals surface area contributed by atoms with E-state index < -0.39 is 0 Å². The molecule has 2 aromatic rings. The third-order valence-corrected chi connectivity index (χ3v) is 4.84. The zero-order valence-electron chi connectivity index (χ0n) is 15.3. The van der Waals surface area contributed by atoms with Crippen LogP contribution in [0.3, 0.4) is 0 Å². The molecule has 1 aliphatic rings. The monoisotopic (exact) mass is 378 g/mol. The fourth-order valence-electron chi connectivity index (χ4n) is 3.12. The fraction of sp³-hybridized carbons (Fsp3) is 0.526. The SMILES string of the molecule is CNC(C)Cc1noc(-c2ccc(CNC(=O)C3CCCC3)cc2)n1.Cl. The van der Waals surface area contributed by atoms with E-state index in [9.17, 15) is 4.79 Å². The van der Waals surface area contributed by atoms with Gasteiger partial charge in [0.25, 0.3) is 5.89 Å². The minimum Gasteiger partial charge on any atom is -0.352 e. The molecule has 142 valence electrons. The van der Waals surface area contributed by atoms with Gasteiger partial charge in [0.1, 0.15) is 0 Å². The summed E-state index contributed by atoms with van der Waals surface area (Å²) in [7, 11) is 1.91. The molecule has 26 heavy (non-hydrogen) atoms. The summed E-state index contributed by atoms with van der Waals surface area (Å²) < 4.78 is 5.34. The predicted molar refractivity (Wildman–Crippen MR) is 103 cm³/mol. The van der Waals surface area contributed by atoms with Crippen molar-refractivity contribution in [3.8, 4) is 11.5 Å². The van der Waals surface area contributed by atoms with E-state index in [1.165, 1.54) is 12.8 Å². The number of benzene rings is 1. The molecule has 0 spiro atoms. The standard InChI is InChI=1S/C19H26N4O2.ClH/c1-13(20-2)11-17-22-19(25-23-17)16-9-7-14(8-10-16)12-21-18(24)15-5-3-4-6-15;/h7-10,13,15,20H,3-6,11-12H2,1-2H3,(H,21,24);1H. The Kier molecular flexibility index (Phi) is 7.60. The van der Waals surface area contributed by atoms with Crippen molar-refractivity contribution in [1.29, 1.82) is 0 Å². The molecule has 1 aromatic heterocycles. The van der Waals surface area contributed by atoms with Crippen molar-refractivity contribution in [3.05, 3.63) is 35.7 Å². The lowest BCUT2D eigenvalue weighted by Gasteiger charge is -2.10. The van der Waals surface area contributed by atoms with Crippen molar-refractivity contribution in [2.24, 2.45) is 5.92 Å². The number of hydrogen-bond donors (Lipinski definition) is 2. The summed E-state index contributed by atoms with van der Waals surface area (Å²) in [6.45, 7) is 2.63. The number of carbonyl (C=O) groups excluding carboxylic acids is 1. The highest BCUT2D eigenvalue weighted by atomic mass is 35.5. The summed E-state index contributed by atoms with van der Waals surface area (Å²) in [5.41, 5.74) is 1.96. The van der Waals surface area contributed by atoms with E-state index in [-0.39, 0.29) is 24.2 Å². The quantitative estimate of drug-likeness (QED) is 0.773. The molecule has 0 radical (unpaired) electrons. The highest BCUT2D eigenvalue weighted by molar-refractivity contribution is 5.85. The first-order valence-electron chi connectivity index (χ1n) is 9.02. The van der Waals surface area contributed by atoms with Crippen LogP contribution in [0.5, 0.6) is 0 Å². The van der Waals surface area contributed by atoms with Gasteiger partial charge in [-0.2, -0.15) is 4.98 Å². The third kappa shape index (κ3) is 5.29. The Morgan fingerprint density at radius 1 is 1.27 bits per heavy atom. The number of carbonyl (C=O) groups is 1. The van der Waals surface area contributed by atoms with E-state index in [1.54, 1.807) is 0 Å². The predicted octanol–water partition coefficient (Wildman–Crippen LogP) is 3.12. The minimum atomic E-state index is 0. The lowest BCUT2D eigenvalue weighted by molar-refractivity contribution is -0.124. The molecule has 7 heteroatoms. The normalized spacial score (nSPS) is 15.5. The maximum absolute atomic E-state index is 12.1.